The number of aromatic nitrogens is 1. The van der Waals surface area contributed by atoms with Gasteiger partial charge in [-0.25, -0.2) is 0 Å². The molecule has 0 amide bonds. The van der Waals surface area contributed by atoms with Crippen molar-refractivity contribution in [3.63, 3.8) is 0 Å². The van der Waals surface area contributed by atoms with Gasteiger partial charge in [-0.1, -0.05) is 97.1 Å². The van der Waals surface area contributed by atoms with Crippen LogP contribution in [0.5, 0.6) is 0 Å². The fourth-order valence-electron chi connectivity index (χ4n) is 5.70. The fraction of sp³-hybridized carbons (Fsp3) is 0.0303. The van der Waals surface area contributed by atoms with Crippen molar-refractivity contribution in [3.05, 3.63) is 127 Å². The van der Waals surface area contributed by atoms with Crippen molar-refractivity contribution in [2.75, 3.05) is 4.90 Å². The van der Waals surface area contributed by atoms with Crippen molar-refractivity contribution >= 4 is 60.4 Å². The monoisotopic (exact) mass is 448 g/mol. The lowest BCUT2D eigenvalue weighted by atomic mass is 9.97. The number of hydrogen-bond acceptors (Lipinski definition) is 1. The number of nitrogens with zero attached hydrogens (tertiary/aromatic N) is 2. The number of rotatable bonds is 3. The number of para-hydroxylation sites is 3. The van der Waals surface area contributed by atoms with E-state index in [1.807, 2.05) is 0 Å². The molecular formula is C33H24N2. The molecule has 0 saturated carbocycles. The number of aryl methyl sites for hydroxylation is 1. The van der Waals surface area contributed by atoms with E-state index in [0.717, 1.165) is 11.4 Å². The minimum atomic E-state index is 1.14. The zero-order valence-corrected chi connectivity index (χ0v) is 19.5. The van der Waals surface area contributed by atoms with Crippen LogP contribution in [0.4, 0.5) is 17.1 Å². The van der Waals surface area contributed by atoms with Gasteiger partial charge in [0.2, 0.25) is 0 Å². The molecule has 6 aromatic carbocycles. The van der Waals surface area contributed by atoms with E-state index < -0.39 is 0 Å². The highest BCUT2D eigenvalue weighted by atomic mass is 15.2. The molecule has 0 spiro atoms. The van der Waals surface area contributed by atoms with Crippen molar-refractivity contribution < 1.29 is 0 Å². The Labute approximate surface area is 204 Å². The van der Waals surface area contributed by atoms with Crippen molar-refractivity contribution in [2.45, 2.75) is 0 Å². The predicted molar refractivity (Wildman–Crippen MR) is 150 cm³/mol. The second-order valence-corrected chi connectivity index (χ2v) is 9.05. The summed E-state index contributed by atoms with van der Waals surface area (Å²) in [6, 6.07) is 45.6. The van der Waals surface area contributed by atoms with Crippen LogP contribution in [0, 0.1) is 0 Å². The van der Waals surface area contributed by atoms with E-state index >= 15 is 0 Å². The lowest BCUT2D eigenvalue weighted by molar-refractivity contribution is 1.02. The van der Waals surface area contributed by atoms with Crippen LogP contribution in [0.3, 0.4) is 0 Å². The Morgan fingerprint density at radius 3 is 1.54 bits per heavy atom. The van der Waals surface area contributed by atoms with Crippen LogP contribution in [0.1, 0.15) is 0 Å². The molecule has 0 aliphatic carbocycles. The summed E-state index contributed by atoms with van der Waals surface area (Å²) in [5, 5.41) is 7.78. The van der Waals surface area contributed by atoms with Crippen LogP contribution < -0.4 is 4.90 Å². The van der Waals surface area contributed by atoms with Crippen LogP contribution >= 0.6 is 0 Å². The second kappa shape index (κ2) is 7.75. The molecule has 2 heteroatoms. The molecule has 0 bridgehead atoms. The van der Waals surface area contributed by atoms with Crippen LogP contribution in [0.25, 0.3) is 43.4 Å². The first-order valence-electron chi connectivity index (χ1n) is 12.0. The first-order chi connectivity index (χ1) is 17.3. The zero-order chi connectivity index (χ0) is 23.4. The molecule has 0 fully saturated rings. The van der Waals surface area contributed by atoms with Crippen molar-refractivity contribution in [2.24, 2.45) is 7.05 Å². The topological polar surface area (TPSA) is 8.17 Å². The summed E-state index contributed by atoms with van der Waals surface area (Å²) >= 11 is 0. The third kappa shape index (κ3) is 2.90. The van der Waals surface area contributed by atoms with Gasteiger partial charge in [0.25, 0.3) is 0 Å². The Kier molecular flexibility index (Phi) is 4.40. The summed E-state index contributed by atoms with van der Waals surface area (Å²) in [6.07, 6.45) is 0. The van der Waals surface area contributed by atoms with Crippen LogP contribution in [0.2, 0.25) is 0 Å². The predicted octanol–water partition coefficient (Wildman–Crippen LogP) is 9.11. The number of hydrogen-bond donors (Lipinski definition) is 0. The lowest BCUT2D eigenvalue weighted by Crippen LogP contribution is -2.11. The maximum atomic E-state index is 2.40. The Hall–Kier alpha value is -4.56. The van der Waals surface area contributed by atoms with E-state index in [4.69, 9.17) is 0 Å². The first-order valence-corrected chi connectivity index (χ1v) is 12.0. The SMILES string of the molecule is Cn1c2c(N(c3ccccc3)c3ccccc3)cccc2c2c3ccccc3c3ccccc3c21. The third-order valence-corrected chi connectivity index (χ3v) is 7.13. The molecule has 7 rings (SSSR count). The summed E-state index contributed by atoms with van der Waals surface area (Å²) in [5.41, 5.74) is 5.98. The van der Waals surface area contributed by atoms with Gasteiger partial charge in [-0.05, 0) is 46.5 Å². The third-order valence-electron chi connectivity index (χ3n) is 7.13. The van der Waals surface area contributed by atoms with Crippen molar-refractivity contribution in [1.29, 1.82) is 0 Å². The van der Waals surface area contributed by atoms with Crippen molar-refractivity contribution in [1.82, 2.24) is 4.57 Å². The highest BCUT2D eigenvalue weighted by Gasteiger charge is 2.21. The molecule has 0 atom stereocenters. The smallest absolute Gasteiger partial charge is 0.0734 e. The normalized spacial score (nSPS) is 11.6. The maximum absolute atomic E-state index is 2.40. The molecule has 0 unspecified atom stereocenters. The van der Waals surface area contributed by atoms with Crippen molar-refractivity contribution in [3.8, 4) is 0 Å². The molecule has 1 heterocycles. The Balaban J connectivity index is 1.67. The average molecular weight is 449 g/mol. The molecule has 0 saturated heterocycles. The number of fused-ring (bicyclic) bond motifs is 8. The molecule has 7 aromatic rings. The van der Waals surface area contributed by atoms with E-state index in [9.17, 15) is 0 Å². The van der Waals surface area contributed by atoms with E-state index in [0.29, 0.717) is 0 Å². The molecule has 0 aliphatic rings. The maximum Gasteiger partial charge on any atom is 0.0734 e. The highest BCUT2D eigenvalue weighted by molar-refractivity contribution is 6.32. The first kappa shape index (κ1) is 19.9. The summed E-state index contributed by atoms with van der Waals surface area (Å²) in [7, 11) is 2.21. The van der Waals surface area contributed by atoms with Gasteiger partial charge in [0.05, 0.1) is 16.7 Å². The molecule has 2 nitrogen and oxygen atoms in total. The van der Waals surface area contributed by atoms with Crippen LogP contribution in [0.15, 0.2) is 127 Å². The van der Waals surface area contributed by atoms with Gasteiger partial charge < -0.3 is 9.47 Å². The molecule has 35 heavy (non-hydrogen) atoms. The molecule has 0 N–H and O–H groups in total. The summed E-state index contributed by atoms with van der Waals surface area (Å²) in [4.78, 5) is 2.37. The molecule has 0 aliphatic heterocycles. The quantitative estimate of drug-likeness (QED) is 0.245. The van der Waals surface area contributed by atoms with Gasteiger partial charge in [-0.2, -0.15) is 0 Å². The summed E-state index contributed by atoms with van der Waals surface area (Å²) < 4.78 is 2.40. The van der Waals surface area contributed by atoms with Gasteiger partial charge in [-0.3, -0.25) is 0 Å². The Morgan fingerprint density at radius 2 is 0.914 bits per heavy atom. The van der Waals surface area contributed by atoms with E-state index in [2.05, 4.69) is 144 Å². The molecule has 166 valence electrons. The highest BCUT2D eigenvalue weighted by Crippen LogP contribution is 2.45. The largest absolute Gasteiger partial charge is 0.341 e. The number of benzene rings is 6. The Bertz CT molecular complexity index is 1810. The Morgan fingerprint density at radius 1 is 0.429 bits per heavy atom. The number of anilines is 3. The van der Waals surface area contributed by atoms with Gasteiger partial charge in [0, 0.05) is 34.6 Å². The van der Waals surface area contributed by atoms with Gasteiger partial charge in [-0.15, -0.1) is 0 Å². The zero-order valence-electron chi connectivity index (χ0n) is 19.5. The van der Waals surface area contributed by atoms with Gasteiger partial charge >= 0.3 is 0 Å². The molecule has 1 aromatic heterocycles. The van der Waals surface area contributed by atoms with E-state index in [-0.39, 0.29) is 0 Å². The van der Waals surface area contributed by atoms with Crippen LogP contribution in [-0.4, -0.2) is 4.57 Å². The standard InChI is InChI=1S/C33H24N2/c1-34-32-29(31-27-19-10-8-17-25(27)26-18-9-11-20-28(26)33(31)34)21-12-22-30(32)35(23-13-4-2-5-14-23)24-15-6-3-7-16-24/h2-22H,1H3. The fourth-order valence-corrected chi connectivity index (χ4v) is 5.70. The van der Waals surface area contributed by atoms with Gasteiger partial charge in [0.15, 0.2) is 0 Å². The average Bonchev–Trinajstić information content (AvgIpc) is 3.24. The minimum absolute atomic E-state index is 1.14. The minimum Gasteiger partial charge on any atom is -0.341 e. The molecule has 0 radical (unpaired) electrons. The van der Waals surface area contributed by atoms with E-state index in [1.54, 1.807) is 0 Å². The lowest BCUT2D eigenvalue weighted by Gasteiger charge is -2.26. The second-order valence-electron chi connectivity index (χ2n) is 9.05. The van der Waals surface area contributed by atoms with E-state index in [1.165, 1.54) is 49.0 Å². The van der Waals surface area contributed by atoms with Gasteiger partial charge in [0.1, 0.15) is 0 Å². The molecular weight excluding hydrogens is 424 g/mol. The summed E-state index contributed by atoms with van der Waals surface area (Å²) in [6.45, 7) is 0. The summed E-state index contributed by atoms with van der Waals surface area (Å²) in [5.74, 6) is 0. The van der Waals surface area contributed by atoms with Crippen LogP contribution in [-0.2, 0) is 7.05 Å².